The summed E-state index contributed by atoms with van der Waals surface area (Å²) in [7, 11) is -1.84. The highest BCUT2D eigenvalue weighted by atomic mass is 32.2. The van der Waals surface area contributed by atoms with Crippen LogP contribution in [0, 0.1) is 0 Å². The van der Waals surface area contributed by atoms with E-state index in [4.69, 9.17) is 4.74 Å². The van der Waals surface area contributed by atoms with Crippen molar-refractivity contribution in [3.05, 3.63) is 24.3 Å². The van der Waals surface area contributed by atoms with Gasteiger partial charge in [-0.2, -0.15) is 0 Å². The average molecular weight is 297 g/mol. The molecule has 5 heteroatoms. The van der Waals surface area contributed by atoms with E-state index in [2.05, 4.69) is 12.2 Å². The maximum atomic E-state index is 12.9. The number of methoxy groups -OCH3 is 1. The number of rotatable bonds is 6. The smallest absolute Gasteiger partial charge is 0.186 e. The van der Waals surface area contributed by atoms with Gasteiger partial charge in [0, 0.05) is 6.04 Å². The fourth-order valence-electron chi connectivity index (χ4n) is 2.88. The van der Waals surface area contributed by atoms with Crippen molar-refractivity contribution in [1.82, 2.24) is 5.32 Å². The van der Waals surface area contributed by atoms with Crippen molar-refractivity contribution < 1.29 is 13.2 Å². The van der Waals surface area contributed by atoms with Crippen LogP contribution in [0.15, 0.2) is 29.2 Å². The van der Waals surface area contributed by atoms with Gasteiger partial charge in [0.1, 0.15) is 10.6 Å². The summed E-state index contributed by atoms with van der Waals surface area (Å²) in [6.45, 7) is 2.95. The van der Waals surface area contributed by atoms with Gasteiger partial charge >= 0.3 is 0 Å². The average Bonchev–Trinajstić information content (AvgIpc) is 2.94. The Morgan fingerprint density at radius 3 is 2.75 bits per heavy atom. The second kappa shape index (κ2) is 6.59. The van der Waals surface area contributed by atoms with Crippen molar-refractivity contribution in [3.63, 3.8) is 0 Å². The van der Waals surface area contributed by atoms with Crippen LogP contribution in [0.5, 0.6) is 5.75 Å². The fraction of sp³-hybridized carbons (Fsp3) is 0.600. The number of para-hydroxylation sites is 1. The Morgan fingerprint density at radius 1 is 1.30 bits per heavy atom. The van der Waals surface area contributed by atoms with E-state index in [9.17, 15) is 8.42 Å². The zero-order chi connectivity index (χ0) is 14.6. The zero-order valence-corrected chi connectivity index (χ0v) is 12.9. The van der Waals surface area contributed by atoms with Gasteiger partial charge in [-0.15, -0.1) is 0 Å². The third-order valence-electron chi connectivity index (χ3n) is 3.88. The lowest BCUT2D eigenvalue weighted by Gasteiger charge is -2.22. The Kier molecular flexibility index (Phi) is 5.05. The van der Waals surface area contributed by atoms with Crippen molar-refractivity contribution >= 4 is 9.84 Å². The first-order chi connectivity index (χ1) is 9.61. The van der Waals surface area contributed by atoms with E-state index in [1.54, 1.807) is 24.3 Å². The highest BCUT2D eigenvalue weighted by molar-refractivity contribution is 7.92. The van der Waals surface area contributed by atoms with Crippen LogP contribution in [0.1, 0.15) is 32.6 Å². The predicted octanol–water partition coefficient (Wildman–Crippen LogP) is 2.39. The molecule has 112 valence electrons. The number of nitrogens with one attached hydrogen (secondary N) is 1. The first-order valence-electron chi connectivity index (χ1n) is 7.21. The molecule has 1 aromatic carbocycles. The lowest BCUT2D eigenvalue weighted by molar-refractivity contribution is 0.402. The Labute approximate surface area is 121 Å². The quantitative estimate of drug-likeness (QED) is 0.876. The molecule has 1 fully saturated rings. The molecule has 1 saturated carbocycles. The molecule has 0 bridgehead atoms. The number of hydrogen-bond donors (Lipinski definition) is 1. The van der Waals surface area contributed by atoms with Crippen LogP contribution in [-0.2, 0) is 9.84 Å². The van der Waals surface area contributed by atoms with Crippen LogP contribution in [0.3, 0.4) is 0 Å². The van der Waals surface area contributed by atoms with E-state index in [1.165, 1.54) is 7.11 Å². The lowest BCUT2D eigenvalue weighted by atomic mass is 10.2. The first kappa shape index (κ1) is 15.3. The maximum absolute atomic E-state index is 12.9. The molecule has 20 heavy (non-hydrogen) atoms. The summed E-state index contributed by atoms with van der Waals surface area (Å²) in [6, 6.07) is 6.95. The van der Waals surface area contributed by atoms with Gasteiger partial charge in [0.2, 0.25) is 0 Å². The van der Waals surface area contributed by atoms with Crippen LogP contribution < -0.4 is 10.1 Å². The van der Waals surface area contributed by atoms with E-state index in [0.717, 1.165) is 32.2 Å². The predicted molar refractivity (Wildman–Crippen MR) is 79.9 cm³/mol. The molecule has 1 aromatic rings. The van der Waals surface area contributed by atoms with E-state index in [1.807, 2.05) is 0 Å². The second-order valence-electron chi connectivity index (χ2n) is 5.23. The molecule has 0 amide bonds. The van der Waals surface area contributed by atoms with Gasteiger partial charge in [0.05, 0.1) is 12.4 Å². The van der Waals surface area contributed by atoms with Gasteiger partial charge in [-0.25, -0.2) is 8.42 Å². The van der Waals surface area contributed by atoms with Crippen molar-refractivity contribution in [2.75, 3.05) is 13.7 Å². The zero-order valence-electron chi connectivity index (χ0n) is 12.1. The number of ether oxygens (including phenoxy) is 1. The largest absolute Gasteiger partial charge is 0.495 e. The van der Waals surface area contributed by atoms with Crippen LogP contribution in [-0.4, -0.2) is 33.4 Å². The molecule has 1 aliphatic carbocycles. The SMILES string of the molecule is CCCNC1CCCC1S(=O)(=O)c1ccccc1OC. The van der Waals surface area contributed by atoms with E-state index in [0.29, 0.717) is 10.6 Å². The van der Waals surface area contributed by atoms with Crippen molar-refractivity contribution in [2.45, 2.75) is 48.8 Å². The molecular weight excluding hydrogens is 274 g/mol. The Hall–Kier alpha value is -1.07. The van der Waals surface area contributed by atoms with Crippen LogP contribution in [0.2, 0.25) is 0 Å². The molecule has 0 aliphatic heterocycles. The van der Waals surface area contributed by atoms with Crippen LogP contribution in [0.25, 0.3) is 0 Å². The summed E-state index contributed by atoms with van der Waals surface area (Å²) in [5, 5.41) is 3.03. The normalized spacial score (nSPS) is 22.9. The monoisotopic (exact) mass is 297 g/mol. The second-order valence-corrected chi connectivity index (χ2v) is 7.36. The summed E-state index contributed by atoms with van der Waals surface area (Å²) >= 11 is 0. The molecule has 1 aliphatic rings. The van der Waals surface area contributed by atoms with Gasteiger partial charge in [0.15, 0.2) is 9.84 Å². The molecule has 0 spiro atoms. The molecule has 0 heterocycles. The molecule has 1 N–H and O–H groups in total. The van der Waals surface area contributed by atoms with Gasteiger partial charge in [0.25, 0.3) is 0 Å². The minimum atomic E-state index is -3.35. The van der Waals surface area contributed by atoms with E-state index >= 15 is 0 Å². The molecule has 0 radical (unpaired) electrons. The summed E-state index contributed by atoms with van der Waals surface area (Å²) in [6.07, 6.45) is 3.62. The van der Waals surface area contributed by atoms with Crippen molar-refractivity contribution in [2.24, 2.45) is 0 Å². The van der Waals surface area contributed by atoms with E-state index in [-0.39, 0.29) is 11.3 Å². The highest BCUT2D eigenvalue weighted by Gasteiger charge is 2.39. The first-order valence-corrected chi connectivity index (χ1v) is 8.76. The Balaban J connectivity index is 2.29. The highest BCUT2D eigenvalue weighted by Crippen LogP contribution is 2.34. The van der Waals surface area contributed by atoms with Gasteiger partial charge in [-0.05, 0) is 37.9 Å². The molecule has 0 saturated heterocycles. The maximum Gasteiger partial charge on any atom is 0.186 e. The number of hydrogen-bond acceptors (Lipinski definition) is 4. The standard InChI is InChI=1S/C15H23NO3S/c1-3-11-16-12-7-6-10-14(12)20(17,18)15-9-5-4-8-13(15)19-2/h4-5,8-9,12,14,16H,3,6-7,10-11H2,1-2H3. The number of sulfone groups is 1. The topological polar surface area (TPSA) is 55.4 Å². The van der Waals surface area contributed by atoms with Crippen LogP contribution in [0.4, 0.5) is 0 Å². The third-order valence-corrected chi connectivity index (χ3v) is 6.19. The lowest BCUT2D eigenvalue weighted by Crippen LogP contribution is -2.40. The molecule has 4 nitrogen and oxygen atoms in total. The van der Waals surface area contributed by atoms with Crippen molar-refractivity contribution in [3.8, 4) is 5.75 Å². The molecule has 0 aromatic heterocycles. The number of benzene rings is 1. The van der Waals surface area contributed by atoms with Crippen molar-refractivity contribution in [1.29, 1.82) is 0 Å². The van der Waals surface area contributed by atoms with Gasteiger partial charge in [-0.3, -0.25) is 0 Å². The van der Waals surface area contributed by atoms with E-state index < -0.39 is 9.84 Å². The van der Waals surface area contributed by atoms with Gasteiger partial charge < -0.3 is 10.1 Å². The fourth-order valence-corrected chi connectivity index (χ4v) is 5.05. The molecule has 2 atom stereocenters. The molecule has 2 unspecified atom stereocenters. The Morgan fingerprint density at radius 2 is 2.05 bits per heavy atom. The third kappa shape index (κ3) is 2.99. The molecular formula is C15H23NO3S. The summed E-state index contributed by atoms with van der Waals surface area (Å²) in [5.41, 5.74) is 0. The minimum Gasteiger partial charge on any atom is -0.495 e. The van der Waals surface area contributed by atoms with Crippen LogP contribution >= 0.6 is 0 Å². The summed E-state index contributed by atoms with van der Waals surface area (Å²) in [4.78, 5) is 0.317. The summed E-state index contributed by atoms with van der Waals surface area (Å²) < 4.78 is 30.9. The minimum absolute atomic E-state index is 0.0601. The molecule has 2 rings (SSSR count). The van der Waals surface area contributed by atoms with Gasteiger partial charge in [-0.1, -0.05) is 25.5 Å². The summed E-state index contributed by atoms with van der Waals surface area (Å²) in [5.74, 6) is 0.439. The Bertz CT molecular complexity index is 542.